The maximum absolute atomic E-state index is 11.6. The Labute approximate surface area is 140 Å². The molecule has 3 nitrogen and oxygen atoms in total. The first kappa shape index (κ1) is 18.2. The van der Waals surface area contributed by atoms with E-state index in [0.717, 1.165) is 31.3 Å². The Morgan fingerprint density at radius 3 is 2.09 bits per heavy atom. The van der Waals surface area contributed by atoms with Crippen molar-refractivity contribution in [1.82, 2.24) is 0 Å². The van der Waals surface area contributed by atoms with Crippen molar-refractivity contribution in [2.75, 3.05) is 0 Å². The number of allylic oxidation sites excluding steroid dienone is 2. The summed E-state index contributed by atoms with van der Waals surface area (Å²) in [5.74, 6) is 1.52. The Morgan fingerprint density at radius 1 is 1.13 bits per heavy atom. The van der Waals surface area contributed by atoms with Gasteiger partial charge in [0.1, 0.15) is 5.78 Å². The largest absolute Gasteiger partial charge is 0.504 e. The summed E-state index contributed by atoms with van der Waals surface area (Å²) >= 11 is 0. The highest BCUT2D eigenvalue weighted by Crippen LogP contribution is 2.63. The monoisotopic (exact) mass is 320 g/mol. The maximum Gasteiger partial charge on any atom is 0.200 e. The van der Waals surface area contributed by atoms with Crippen molar-refractivity contribution >= 4 is 11.6 Å². The molecule has 0 saturated heterocycles. The van der Waals surface area contributed by atoms with Gasteiger partial charge in [0.15, 0.2) is 11.5 Å². The van der Waals surface area contributed by atoms with Crippen LogP contribution in [-0.2, 0) is 9.59 Å². The molecule has 0 aliphatic heterocycles. The summed E-state index contributed by atoms with van der Waals surface area (Å²) in [4.78, 5) is 23.0. The minimum atomic E-state index is -0.0613. The number of ketones is 2. The maximum atomic E-state index is 11.6. The summed E-state index contributed by atoms with van der Waals surface area (Å²) < 4.78 is 0. The third-order valence-corrected chi connectivity index (χ3v) is 7.09. The molecular weight excluding hydrogens is 288 g/mol. The first-order valence-corrected chi connectivity index (χ1v) is 8.98. The lowest BCUT2D eigenvalue weighted by Crippen LogP contribution is -2.32. The number of fused-ring (bicyclic) bond motifs is 2. The van der Waals surface area contributed by atoms with E-state index in [4.69, 9.17) is 0 Å². The molecule has 3 aliphatic rings. The topological polar surface area (TPSA) is 54.4 Å². The number of carbonyl (C=O) groups is 2. The molecule has 0 radical (unpaired) electrons. The predicted molar refractivity (Wildman–Crippen MR) is 92.1 cm³/mol. The van der Waals surface area contributed by atoms with Crippen LogP contribution in [0.15, 0.2) is 11.3 Å². The SMILES string of the molecule is CC12CCC(CC1=O)C2(C)C.CC1=C(O)C(=O)C(C(C)C)CC1. The van der Waals surface area contributed by atoms with E-state index >= 15 is 0 Å². The van der Waals surface area contributed by atoms with Gasteiger partial charge in [0.05, 0.1) is 0 Å². The Balaban J connectivity index is 0.000000167. The van der Waals surface area contributed by atoms with Crippen LogP contribution in [0.25, 0.3) is 0 Å². The van der Waals surface area contributed by atoms with E-state index < -0.39 is 0 Å². The molecule has 130 valence electrons. The van der Waals surface area contributed by atoms with Crippen LogP contribution in [0.3, 0.4) is 0 Å². The summed E-state index contributed by atoms with van der Waals surface area (Å²) in [6.45, 7) is 12.5. The van der Waals surface area contributed by atoms with Crippen molar-refractivity contribution in [3.8, 4) is 0 Å². The zero-order chi connectivity index (χ0) is 17.6. The molecule has 2 saturated carbocycles. The van der Waals surface area contributed by atoms with Gasteiger partial charge in [-0.15, -0.1) is 0 Å². The van der Waals surface area contributed by atoms with Gasteiger partial charge in [-0.05, 0) is 55.4 Å². The van der Waals surface area contributed by atoms with Crippen LogP contribution in [0.1, 0.15) is 73.6 Å². The van der Waals surface area contributed by atoms with Gasteiger partial charge < -0.3 is 5.11 Å². The van der Waals surface area contributed by atoms with Gasteiger partial charge in [0.25, 0.3) is 0 Å². The smallest absolute Gasteiger partial charge is 0.200 e. The first-order chi connectivity index (χ1) is 10.5. The average molecular weight is 320 g/mol. The highest BCUT2D eigenvalue weighted by Gasteiger charge is 2.61. The van der Waals surface area contributed by atoms with Gasteiger partial charge in [0.2, 0.25) is 0 Å². The number of Topliss-reactive ketones (excluding diaryl/α,β-unsaturated/α-hetero) is 2. The Kier molecular flexibility index (Phi) is 4.81. The summed E-state index contributed by atoms with van der Waals surface area (Å²) in [5, 5.41) is 9.40. The summed E-state index contributed by atoms with van der Waals surface area (Å²) in [5.41, 5.74) is 1.15. The highest BCUT2D eigenvalue weighted by atomic mass is 16.3. The van der Waals surface area contributed by atoms with Crippen molar-refractivity contribution < 1.29 is 14.7 Å². The molecule has 0 amide bonds. The van der Waals surface area contributed by atoms with Crippen LogP contribution in [0.4, 0.5) is 0 Å². The number of aliphatic hydroxyl groups excluding tert-OH is 1. The van der Waals surface area contributed by atoms with Crippen molar-refractivity contribution in [3.05, 3.63) is 11.3 Å². The Hall–Kier alpha value is -1.12. The minimum absolute atomic E-state index is 0.0138. The van der Waals surface area contributed by atoms with Crippen LogP contribution >= 0.6 is 0 Å². The van der Waals surface area contributed by atoms with E-state index in [1.807, 2.05) is 20.8 Å². The molecule has 0 aromatic heterocycles. The lowest BCUT2D eigenvalue weighted by Gasteiger charge is -2.32. The van der Waals surface area contributed by atoms with Crippen LogP contribution in [-0.4, -0.2) is 16.7 Å². The molecule has 3 atom stereocenters. The molecule has 2 fully saturated rings. The number of rotatable bonds is 1. The van der Waals surface area contributed by atoms with Crippen LogP contribution in [0.5, 0.6) is 0 Å². The molecule has 3 heteroatoms. The number of aliphatic hydroxyl groups is 1. The third kappa shape index (κ3) is 2.88. The standard InChI is InChI=1S/C10H16O2.C10H16O/c1-6(2)8-5-4-7(3)9(11)10(8)12;1-9(2)7-4-5-10(9,3)8(11)6-7/h6,8,11H,4-5H2,1-3H3;7H,4-6H2,1-3H3. The lowest BCUT2D eigenvalue weighted by atomic mass is 9.70. The second kappa shape index (κ2) is 6.07. The zero-order valence-corrected chi connectivity index (χ0v) is 15.5. The van der Waals surface area contributed by atoms with Crippen molar-refractivity contribution in [3.63, 3.8) is 0 Å². The zero-order valence-electron chi connectivity index (χ0n) is 15.5. The van der Waals surface area contributed by atoms with E-state index in [1.54, 1.807) is 0 Å². The second-order valence-electron chi connectivity index (χ2n) is 8.80. The third-order valence-electron chi connectivity index (χ3n) is 7.09. The fourth-order valence-corrected chi connectivity index (χ4v) is 4.54. The minimum Gasteiger partial charge on any atom is -0.504 e. The molecule has 3 unspecified atom stereocenters. The lowest BCUT2D eigenvalue weighted by molar-refractivity contribution is -0.128. The average Bonchev–Trinajstić information content (AvgIpc) is 2.78. The van der Waals surface area contributed by atoms with Gasteiger partial charge in [-0.1, -0.05) is 34.6 Å². The molecule has 0 aromatic rings. The van der Waals surface area contributed by atoms with Crippen LogP contribution < -0.4 is 0 Å². The molecule has 1 N–H and O–H groups in total. The first-order valence-electron chi connectivity index (χ1n) is 8.98. The van der Waals surface area contributed by atoms with Crippen molar-refractivity contribution in [2.45, 2.75) is 73.6 Å². The summed E-state index contributed by atoms with van der Waals surface area (Å²) in [6.07, 6.45) is 5.01. The van der Waals surface area contributed by atoms with E-state index in [-0.39, 0.29) is 28.3 Å². The van der Waals surface area contributed by atoms with Crippen molar-refractivity contribution in [2.24, 2.45) is 28.6 Å². The molecule has 0 aromatic carbocycles. The molecule has 3 rings (SSSR count). The fraction of sp³-hybridized carbons (Fsp3) is 0.800. The van der Waals surface area contributed by atoms with Gasteiger partial charge in [-0.3, -0.25) is 9.59 Å². The molecular formula is C20H32O3. The van der Waals surface area contributed by atoms with Crippen LogP contribution in [0, 0.1) is 28.6 Å². The number of hydrogen-bond donors (Lipinski definition) is 1. The quantitative estimate of drug-likeness (QED) is 0.751. The van der Waals surface area contributed by atoms with Crippen LogP contribution in [0.2, 0.25) is 0 Å². The van der Waals surface area contributed by atoms with Gasteiger partial charge >= 0.3 is 0 Å². The molecule has 3 aliphatic carbocycles. The number of hydrogen-bond acceptors (Lipinski definition) is 3. The molecule has 0 spiro atoms. The van der Waals surface area contributed by atoms with Crippen molar-refractivity contribution in [1.29, 1.82) is 0 Å². The molecule has 2 bridgehead atoms. The van der Waals surface area contributed by atoms with Gasteiger partial charge in [-0.2, -0.15) is 0 Å². The molecule has 23 heavy (non-hydrogen) atoms. The summed E-state index contributed by atoms with van der Waals surface area (Å²) in [6, 6.07) is 0. The Bertz CT molecular complexity index is 541. The molecule has 0 heterocycles. The van der Waals surface area contributed by atoms with E-state index in [1.165, 1.54) is 6.42 Å². The van der Waals surface area contributed by atoms with E-state index in [0.29, 0.717) is 17.6 Å². The fourth-order valence-electron chi connectivity index (χ4n) is 4.54. The van der Waals surface area contributed by atoms with Gasteiger partial charge in [0, 0.05) is 17.8 Å². The number of carbonyl (C=O) groups excluding carboxylic acids is 2. The predicted octanol–water partition coefficient (Wildman–Crippen LogP) is 4.86. The van der Waals surface area contributed by atoms with Gasteiger partial charge in [-0.25, -0.2) is 0 Å². The normalized spacial score (nSPS) is 35.6. The van der Waals surface area contributed by atoms with E-state index in [9.17, 15) is 14.7 Å². The highest BCUT2D eigenvalue weighted by molar-refractivity contribution is 5.96. The summed E-state index contributed by atoms with van der Waals surface area (Å²) in [7, 11) is 0. The Morgan fingerprint density at radius 2 is 1.74 bits per heavy atom. The second-order valence-corrected chi connectivity index (χ2v) is 8.80. The van der Waals surface area contributed by atoms with E-state index in [2.05, 4.69) is 20.8 Å².